The van der Waals surface area contributed by atoms with Crippen LogP contribution in [0, 0.1) is 0 Å². The van der Waals surface area contributed by atoms with Gasteiger partial charge in [0.05, 0.1) is 0 Å². The van der Waals surface area contributed by atoms with Gasteiger partial charge in [-0.3, -0.25) is 14.4 Å². The van der Waals surface area contributed by atoms with Crippen molar-refractivity contribution >= 4 is 23.8 Å². The van der Waals surface area contributed by atoms with Crippen molar-refractivity contribution in [3.63, 3.8) is 0 Å². The number of phenols is 1. The molecular weight excluding hydrogens is 440 g/mol. The summed E-state index contributed by atoms with van der Waals surface area (Å²) in [5.41, 5.74) is 4.89. The zero-order valence-electron chi connectivity index (χ0n) is 20.5. The molecule has 10 heteroatoms. The predicted molar refractivity (Wildman–Crippen MR) is 128 cm³/mol. The number of aromatic hydroxyl groups is 1. The number of rotatable bonds is 11. The molecule has 10 nitrogen and oxygen atoms in total. The van der Waals surface area contributed by atoms with E-state index in [4.69, 9.17) is 10.5 Å². The van der Waals surface area contributed by atoms with E-state index in [1.807, 2.05) is 0 Å². The highest BCUT2D eigenvalue weighted by Gasteiger charge is 2.36. The van der Waals surface area contributed by atoms with Crippen LogP contribution in [0.15, 0.2) is 36.9 Å². The van der Waals surface area contributed by atoms with Gasteiger partial charge >= 0.3 is 6.09 Å². The summed E-state index contributed by atoms with van der Waals surface area (Å²) in [4.78, 5) is 51.9. The maximum atomic E-state index is 13.6. The third-order valence-electron chi connectivity index (χ3n) is 4.48. The Hall–Kier alpha value is -3.56. The van der Waals surface area contributed by atoms with Crippen LogP contribution in [0.5, 0.6) is 5.75 Å². The smallest absolute Gasteiger partial charge is 0.408 e. The molecule has 0 spiro atoms. The Balaban J connectivity index is 3.41. The molecule has 2 atom stereocenters. The number of nitrogens with two attached hydrogens (primary N) is 1. The van der Waals surface area contributed by atoms with Crippen molar-refractivity contribution in [3.05, 3.63) is 42.5 Å². The Morgan fingerprint density at radius 2 is 1.74 bits per heavy atom. The van der Waals surface area contributed by atoms with Crippen molar-refractivity contribution in [1.29, 1.82) is 0 Å². The minimum atomic E-state index is -1.19. The topological polar surface area (TPSA) is 151 Å². The molecule has 0 heterocycles. The molecule has 0 radical (unpaired) electrons. The molecule has 34 heavy (non-hydrogen) atoms. The van der Waals surface area contributed by atoms with E-state index in [0.29, 0.717) is 5.56 Å². The molecule has 1 aromatic carbocycles. The van der Waals surface area contributed by atoms with Crippen LogP contribution in [0.3, 0.4) is 0 Å². The molecule has 1 aromatic rings. The molecule has 0 fully saturated rings. The molecular formula is C24H36N4O6. The molecule has 0 aliphatic rings. The molecule has 0 aliphatic carbocycles. The summed E-state index contributed by atoms with van der Waals surface area (Å²) < 4.78 is 5.26. The molecule has 188 valence electrons. The SMILES string of the molecule is C=CCN(C(=O)C(CCC(N)=O)NC(=O)OC(C)(C)C)C(C(=O)NC(C)C)c1ccc(O)cc1. The number of amides is 4. The van der Waals surface area contributed by atoms with Crippen LogP contribution in [0.2, 0.25) is 0 Å². The second-order valence-electron chi connectivity index (χ2n) is 9.14. The van der Waals surface area contributed by atoms with Crippen LogP contribution in [0.4, 0.5) is 4.79 Å². The van der Waals surface area contributed by atoms with E-state index in [1.165, 1.54) is 35.2 Å². The lowest BCUT2D eigenvalue weighted by molar-refractivity contribution is -0.142. The van der Waals surface area contributed by atoms with Crippen molar-refractivity contribution in [2.24, 2.45) is 5.73 Å². The number of hydrogen-bond acceptors (Lipinski definition) is 6. The van der Waals surface area contributed by atoms with Gasteiger partial charge in [0.2, 0.25) is 17.7 Å². The van der Waals surface area contributed by atoms with Crippen molar-refractivity contribution in [1.82, 2.24) is 15.5 Å². The van der Waals surface area contributed by atoms with Gasteiger partial charge in [-0.1, -0.05) is 18.2 Å². The number of ether oxygens (including phenoxy) is 1. The monoisotopic (exact) mass is 476 g/mol. The zero-order valence-corrected chi connectivity index (χ0v) is 20.5. The number of alkyl carbamates (subject to hydrolysis) is 1. The molecule has 0 saturated carbocycles. The van der Waals surface area contributed by atoms with Crippen LogP contribution in [-0.2, 0) is 19.1 Å². The van der Waals surface area contributed by atoms with Crippen molar-refractivity contribution in [3.8, 4) is 5.75 Å². The summed E-state index contributed by atoms with van der Waals surface area (Å²) in [5, 5.41) is 15.0. The van der Waals surface area contributed by atoms with Gasteiger partial charge in [0, 0.05) is 19.0 Å². The highest BCUT2D eigenvalue weighted by Crippen LogP contribution is 2.25. The highest BCUT2D eigenvalue weighted by molar-refractivity contribution is 5.92. The average Bonchev–Trinajstić information content (AvgIpc) is 2.69. The van der Waals surface area contributed by atoms with Crippen LogP contribution in [-0.4, -0.2) is 58.1 Å². The summed E-state index contributed by atoms with van der Waals surface area (Å²) in [5.74, 6) is -1.73. The van der Waals surface area contributed by atoms with Gasteiger partial charge in [0.1, 0.15) is 23.4 Å². The van der Waals surface area contributed by atoms with Crippen molar-refractivity contribution in [2.75, 3.05) is 6.54 Å². The van der Waals surface area contributed by atoms with Gasteiger partial charge < -0.3 is 31.1 Å². The lowest BCUT2D eigenvalue weighted by Crippen LogP contribution is -2.53. The largest absolute Gasteiger partial charge is 0.508 e. The standard InChI is InChI=1S/C24H36N4O6/c1-7-14-28(20(21(31)26-15(2)3)16-8-10-17(29)11-9-16)22(32)18(12-13-19(25)30)27-23(33)34-24(4,5)6/h7-11,15,18,20,29H,1,12-14H2,2-6H3,(H2,25,30)(H,26,31)(H,27,33). The van der Waals surface area contributed by atoms with Crippen molar-refractivity contribution < 1.29 is 29.0 Å². The number of phenolic OH excluding ortho intramolecular Hbond substituents is 1. The number of benzene rings is 1. The first-order valence-electron chi connectivity index (χ1n) is 11.0. The van der Waals surface area contributed by atoms with Crippen LogP contribution >= 0.6 is 0 Å². The number of nitrogens with one attached hydrogen (secondary N) is 2. The molecule has 2 unspecified atom stereocenters. The lowest BCUT2D eigenvalue weighted by Gasteiger charge is -2.34. The van der Waals surface area contributed by atoms with Gasteiger partial charge in [-0.05, 0) is 58.7 Å². The summed E-state index contributed by atoms with van der Waals surface area (Å²) >= 11 is 0. The third kappa shape index (κ3) is 9.51. The van der Waals surface area contributed by atoms with Gasteiger partial charge in [0.25, 0.3) is 0 Å². The summed E-state index contributed by atoms with van der Waals surface area (Å²) in [7, 11) is 0. The summed E-state index contributed by atoms with van der Waals surface area (Å²) in [6.07, 6.45) is 0.347. The van der Waals surface area contributed by atoms with Crippen LogP contribution < -0.4 is 16.4 Å². The summed E-state index contributed by atoms with van der Waals surface area (Å²) in [6.45, 7) is 12.2. The van der Waals surface area contributed by atoms with Gasteiger partial charge in [-0.25, -0.2) is 4.79 Å². The Bertz CT molecular complexity index is 876. The molecule has 0 aliphatic heterocycles. The van der Waals surface area contributed by atoms with E-state index in [0.717, 1.165) is 0 Å². The first-order chi connectivity index (χ1) is 15.7. The second-order valence-corrected chi connectivity index (χ2v) is 9.14. The second kappa shape index (κ2) is 12.6. The maximum Gasteiger partial charge on any atom is 0.408 e. The van der Waals surface area contributed by atoms with Crippen LogP contribution in [0.1, 0.15) is 59.1 Å². The Morgan fingerprint density at radius 3 is 2.21 bits per heavy atom. The van der Waals surface area contributed by atoms with Crippen LogP contribution in [0.25, 0.3) is 0 Å². The Labute approximate surface area is 200 Å². The number of carbonyl (C=O) groups excluding carboxylic acids is 4. The first kappa shape index (κ1) is 28.5. The van der Waals surface area contributed by atoms with E-state index >= 15 is 0 Å². The lowest BCUT2D eigenvalue weighted by atomic mass is 10.0. The molecule has 4 amide bonds. The first-order valence-corrected chi connectivity index (χ1v) is 11.0. The van der Waals surface area contributed by atoms with Gasteiger partial charge in [0.15, 0.2) is 0 Å². The van der Waals surface area contributed by atoms with E-state index < -0.39 is 41.5 Å². The quantitative estimate of drug-likeness (QED) is 0.359. The van der Waals surface area contributed by atoms with Gasteiger partial charge in [-0.15, -0.1) is 6.58 Å². The Morgan fingerprint density at radius 1 is 1.15 bits per heavy atom. The Kier molecular flexibility index (Phi) is 10.6. The van der Waals surface area contributed by atoms with Crippen molar-refractivity contribution in [2.45, 2.75) is 71.2 Å². The molecule has 0 aromatic heterocycles. The van der Waals surface area contributed by atoms with E-state index in [2.05, 4.69) is 17.2 Å². The predicted octanol–water partition coefficient (Wildman–Crippen LogP) is 2.13. The molecule has 0 saturated heterocycles. The van der Waals surface area contributed by atoms with E-state index in [9.17, 15) is 24.3 Å². The minimum absolute atomic E-state index is 0.000655. The average molecular weight is 477 g/mol. The number of hydrogen-bond donors (Lipinski definition) is 4. The van der Waals surface area contributed by atoms with Gasteiger partial charge in [-0.2, -0.15) is 0 Å². The minimum Gasteiger partial charge on any atom is -0.508 e. The fourth-order valence-corrected chi connectivity index (χ4v) is 3.15. The number of primary amides is 1. The number of nitrogens with zero attached hydrogens (tertiary/aromatic N) is 1. The maximum absolute atomic E-state index is 13.6. The van der Waals surface area contributed by atoms with E-state index in [1.54, 1.807) is 34.6 Å². The molecule has 0 bridgehead atoms. The fraction of sp³-hybridized carbons (Fsp3) is 0.500. The van der Waals surface area contributed by atoms with E-state index in [-0.39, 0.29) is 31.2 Å². The zero-order chi connectivity index (χ0) is 26.1. The highest BCUT2D eigenvalue weighted by atomic mass is 16.6. The third-order valence-corrected chi connectivity index (χ3v) is 4.48. The fourth-order valence-electron chi connectivity index (χ4n) is 3.15. The molecule has 1 rings (SSSR count). The number of carbonyl (C=O) groups is 4. The normalized spacial score (nSPS) is 12.9. The molecule has 5 N–H and O–H groups in total. The summed E-state index contributed by atoms with van der Waals surface area (Å²) in [6, 6.07) is 3.39.